The van der Waals surface area contributed by atoms with Crippen molar-refractivity contribution in [1.82, 2.24) is 10.3 Å². The second kappa shape index (κ2) is 3.34. The average Bonchev–Trinajstić information content (AvgIpc) is 2.29. The van der Waals surface area contributed by atoms with Crippen LogP contribution in [0.25, 0.3) is 0 Å². The van der Waals surface area contributed by atoms with Crippen LogP contribution in [0.4, 0.5) is 5.82 Å². The SMILES string of the molecule is Cc1ccc2c(n1)N(C)CCNC2. The third-order valence-corrected chi connectivity index (χ3v) is 2.40. The minimum absolute atomic E-state index is 0.937. The maximum absolute atomic E-state index is 4.54. The molecule has 2 rings (SSSR count). The summed E-state index contributed by atoms with van der Waals surface area (Å²) in [6.45, 7) is 5.04. The molecular weight excluding hydrogens is 162 g/mol. The van der Waals surface area contributed by atoms with Gasteiger partial charge in [0.05, 0.1) is 0 Å². The van der Waals surface area contributed by atoms with Gasteiger partial charge >= 0.3 is 0 Å². The minimum atomic E-state index is 0.937. The topological polar surface area (TPSA) is 28.2 Å². The summed E-state index contributed by atoms with van der Waals surface area (Å²) in [6, 6.07) is 4.23. The van der Waals surface area contributed by atoms with Gasteiger partial charge in [0.25, 0.3) is 0 Å². The van der Waals surface area contributed by atoms with Gasteiger partial charge in [-0.1, -0.05) is 6.07 Å². The van der Waals surface area contributed by atoms with Crippen LogP contribution < -0.4 is 10.2 Å². The first-order valence-electron chi connectivity index (χ1n) is 4.66. The Kier molecular flexibility index (Phi) is 2.19. The third kappa shape index (κ3) is 1.65. The maximum atomic E-state index is 4.54. The Hall–Kier alpha value is -1.09. The molecular formula is C10H15N3. The number of likely N-dealkylation sites (N-methyl/N-ethyl adjacent to an activating group) is 1. The van der Waals surface area contributed by atoms with E-state index < -0.39 is 0 Å². The van der Waals surface area contributed by atoms with E-state index >= 15 is 0 Å². The minimum Gasteiger partial charge on any atom is -0.358 e. The molecule has 13 heavy (non-hydrogen) atoms. The number of hydrogen-bond donors (Lipinski definition) is 1. The molecule has 0 saturated carbocycles. The monoisotopic (exact) mass is 177 g/mol. The Morgan fingerprint density at radius 2 is 2.31 bits per heavy atom. The van der Waals surface area contributed by atoms with Crippen LogP contribution in [0.2, 0.25) is 0 Å². The first kappa shape index (κ1) is 8.51. The van der Waals surface area contributed by atoms with Gasteiger partial charge in [-0.05, 0) is 13.0 Å². The van der Waals surface area contributed by atoms with Crippen molar-refractivity contribution < 1.29 is 0 Å². The number of rotatable bonds is 0. The van der Waals surface area contributed by atoms with Crippen molar-refractivity contribution >= 4 is 5.82 Å². The van der Waals surface area contributed by atoms with Crippen molar-refractivity contribution in [2.24, 2.45) is 0 Å². The summed E-state index contributed by atoms with van der Waals surface area (Å²) < 4.78 is 0. The van der Waals surface area contributed by atoms with Gasteiger partial charge in [-0.2, -0.15) is 0 Å². The highest BCUT2D eigenvalue weighted by atomic mass is 15.2. The quantitative estimate of drug-likeness (QED) is 0.639. The molecule has 0 aliphatic carbocycles. The summed E-state index contributed by atoms with van der Waals surface area (Å²) in [5, 5.41) is 3.37. The molecule has 1 aromatic heterocycles. The van der Waals surface area contributed by atoms with E-state index in [4.69, 9.17) is 0 Å². The van der Waals surface area contributed by atoms with Crippen LogP contribution in [0.3, 0.4) is 0 Å². The first-order chi connectivity index (χ1) is 6.27. The predicted molar refractivity (Wildman–Crippen MR) is 54.0 cm³/mol. The summed E-state index contributed by atoms with van der Waals surface area (Å²) in [4.78, 5) is 6.75. The zero-order valence-electron chi connectivity index (χ0n) is 8.17. The summed E-state index contributed by atoms with van der Waals surface area (Å²) >= 11 is 0. The number of nitrogens with one attached hydrogen (secondary N) is 1. The molecule has 1 N–H and O–H groups in total. The lowest BCUT2D eigenvalue weighted by Crippen LogP contribution is -2.25. The van der Waals surface area contributed by atoms with Crippen LogP contribution in [0.15, 0.2) is 12.1 Å². The van der Waals surface area contributed by atoms with Crippen molar-refractivity contribution in [3.63, 3.8) is 0 Å². The maximum Gasteiger partial charge on any atom is 0.133 e. The molecule has 0 fully saturated rings. The van der Waals surface area contributed by atoms with Crippen LogP contribution in [-0.4, -0.2) is 25.1 Å². The molecule has 0 bridgehead atoms. The highest BCUT2D eigenvalue weighted by Crippen LogP contribution is 2.18. The lowest BCUT2D eigenvalue weighted by molar-refractivity contribution is 0.706. The fourth-order valence-corrected chi connectivity index (χ4v) is 1.62. The second-order valence-corrected chi connectivity index (χ2v) is 3.53. The van der Waals surface area contributed by atoms with E-state index in [0.29, 0.717) is 0 Å². The van der Waals surface area contributed by atoms with Crippen molar-refractivity contribution in [2.75, 3.05) is 25.0 Å². The normalized spacial score (nSPS) is 16.6. The Balaban J connectivity index is 2.43. The van der Waals surface area contributed by atoms with E-state index in [2.05, 4.69) is 34.4 Å². The molecule has 0 unspecified atom stereocenters. The summed E-state index contributed by atoms with van der Waals surface area (Å²) in [6.07, 6.45) is 0. The van der Waals surface area contributed by atoms with Gasteiger partial charge in [0, 0.05) is 37.9 Å². The van der Waals surface area contributed by atoms with E-state index in [0.717, 1.165) is 31.1 Å². The molecule has 2 heterocycles. The number of fused-ring (bicyclic) bond motifs is 1. The Morgan fingerprint density at radius 3 is 3.15 bits per heavy atom. The summed E-state index contributed by atoms with van der Waals surface area (Å²) in [7, 11) is 2.10. The zero-order chi connectivity index (χ0) is 9.26. The number of hydrogen-bond acceptors (Lipinski definition) is 3. The average molecular weight is 177 g/mol. The lowest BCUT2D eigenvalue weighted by atomic mass is 10.2. The highest BCUT2D eigenvalue weighted by molar-refractivity contribution is 5.47. The molecule has 1 aliphatic rings. The smallest absolute Gasteiger partial charge is 0.133 e. The van der Waals surface area contributed by atoms with Crippen LogP contribution in [0, 0.1) is 6.92 Å². The van der Waals surface area contributed by atoms with Gasteiger partial charge in [-0.3, -0.25) is 0 Å². The Bertz CT molecular complexity index is 309. The van der Waals surface area contributed by atoms with Crippen molar-refractivity contribution in [1.29, 1.82) is 0 Å². The number of aryl methyl sites for hydroxylation is 1. The van der Waals surface area contributed by atoms with Gasteiger partial charge < -0.3 is 10.2 Å². The number of aromatic nitrogens is 1. The van der Waals surface area contributed by atoms with E-state index in [-0.39, 0.29) is 0 Å². The molecule has 1 aliphatic heterocycles. The van der Waals surface area contributed by atoms with Gasteiger partial charge in [0.15, 0.2) is 0 Å². The van der Waals surface area contributed by atoms with Crippen LogP contribution >= 0.6 is 0 Å². The van der Waals surface area contributed by atoms with E-state index in [1.54, 1.807) is 0 Å². The molecule has 70 valence electrons. The molecule has 0 aromatic carbocycles. The summed E-state index contributed by atoms with van der Waals surface area (Å²) in [5.74, 6) is 1.13. The van der Waals surface area contributed by atoms with E-state index in [1.807, 2.05) is 6.92 Å². The summed E-state index contributed by atoms with van der Waals surface area (Å²) in [5.41, 5.74) is 2.39. The molecule has 0 amide bonds. The lowest BCUT2D eigenvalue weighted by Gasteiger charge is -2.17. The van der Waals surface area contributed by atoms with Crippen molar-refractivity contribution in [2.45, 2.75) is 13.5 Å². The Labute approximate surface area is 78.8 Å². The predicted octanol–water partition coefficient (Wildman–Crippen LogP) is 0.929. The van der Waals surface area contributed by atoms with Crippen molar-refractivity contribution in [3.05, 3.63) is 23.4 Å². The van der Waals surface area contributed by atoms with Gasteiger partial charge in [0.2, 0.25) is 0 Å². The molecule has 3 nitrogen and oxygen atoms in total. The van der Waals surface area contributed by atoms with Crippen LogP contribution in [-0.2, 0) is 6.54 Å². The molecule has 1 aromatic rings. The molecule has 0 spiro atoms. The van der Waals surface area contributed by atoms with Gasteiger partial charge in [-0.25, -0.2) is 4.98 Å². The number of anilines is 1. The van der Waals surface area contributed by atoms with E-state index in [9.17, 15) is 0 Å². The fraction of sp³-hybridized carbons (Fsp3) is 0.500. The number of nitrogens with zero attached hydrogens (tertiary/aromatic N) is 2. The van der Waals surface area contributed by atoms with E-state index in [1.165, 1.54) is 5.56 Å². The van der Waals surface area contributed by atoms with Gasteiger partial charge in [-0.15, -0.1) is 0 Å². The van der Waals surface area contributed by atoms with Crippen LogP contribution in [0.5, 0.6) is 0 Å². The highest BCUT2D eigenvalue weighted by Gasteiger charge is 2.12. The fourth-order valence-electron chi connectivity index (χ4n) is 1.62. The molecule has 0 saturated heterocycles. The zero-order valence-corrected chi connectivity index (χ0v) is 8.17. The molecule has 0 radical (unpaired) electrons. The molecule has 3 heteroatoms. The molecule has 0 atom stereocenters. The second-order valence-electron chi connectivity index (χ2n) is 3.53. The standard InChI is InChI=1S/C10H15N3/c1-8-3-4-9-7-11-5-6-13(2)10(9)12-8/h3-4,11H,5-7H2,1-2H3. The van der Waals surface area contributed by atoms with Crippen molar-refractivity contribution in [3.8, 4) is 0 Å². The third-order valence-electron chi connectivity index (χ3n) is 2.40. The largest absolute Gasteiger partial charge is 0.358 e. The first-order valence-corrected chi connectivity index (χ1v) is 4.66. The van der Waals surface area contributed by atoms with Gasteiger partial charge in [0.1, 0.15) is 5.82 Å². The van der Waals surface area contributed by atoms with Crippen LogP contribution in [0.1, 0.15) is 11.3 Å². The number of pyridine rings is 1. The Morgan fingerprint density at radius 1 is 1.46 bits per heavy atom.